The zero-order valence-electron chi connectivity index (χ0n) is 36.6. The highest BCUT2D eigenvalue weighted by atomic mass is 32.2. The van der Waals surface area contributed by atoms with Crippen LogP contribution >= 0.6 is 0 Å². The third-order valence-corrected chi connectivity index (χ3v) is 13.4. The number of esters is 1. The van der Waals surface area contributed by atoms with E-state index in [9.17, 15) is 33.3 Å². The van der Waals surface area contributed by atoms with Crippen molar-refractivity contribution in [3.63, 3.8) is 0 Å². The van der Waals surface area contributed by atoms with Crippen molar-refractivity contribution in [2.75, 3.05) is 33.6 Å². The normalized spacial score (nSPS) is 35.6. The average Bonchev–Trinajstić information content (AvgIpc) is 3.64. The third-order valence-electron chi connectivity index (χ3n) is 12.3. The van der Waals surface area contributed by atoms with Crippen LogP contribution in [0.5, 0.6) is 5.75 Å². The van der Waals surface area contributed by atoms with Crippen LogP contribution in [0.4, 0.5) is 0 Å². The summed E-state index contributed by atoms with van der Waals surface area (Å²) in [7, 11) is 0.109. The van der Waals surface area contributed by atoms with Gasteiger partial charge in [0.15, 0.2) is 16.1 Å². The van der Waals surface area contributed by atoms with E-state index in [0.29, 0.717) is 38.1 Å². The van der Waals surface area contributed by atoms with E-state index in [1.807, 2.05) is 38.9 Å². The maximum absolute atomic E-state index is 13.8. The molecule has 334 valence electrons. The van der Waals surface area contributed by atoms with E-state index in [0.717, 1.165) is 11.9 Å². The van der Waals surface area contributed by atoms with Gasteiger partial charge in [0.1, 0.15) is 35.9 Å². The first kappa shape index (κ1) is 48.6. The number of ether oxygens (including phenoxy) is 5. The quantitative estimate of drug-likeness (QED) is 0.247. The predicted octanol–water partition coefficient (Wildman–Crippen LogP) is 3.23. The van der Waals surface area contributed by atoms with Crippen molar-refractivity contribution in [3.8, 4) is 5.75 Å². The first-order valence-electron chi connectivity index (χ1n) is 20.7. The van der Waals surface area contributed by atoms with Crippen molar-refractivity contribution in [1.82, 2.24) is 19.9 Å². The summed E-state index contributed by atoms with van der Waals surface area (Å²) in [4.78, 5) is 29.6. The fourth-order valence-corrected chi connectivity index (χ4v) is 9.31. The third kappa shape index (κ3) is 12.1. The van der Waals surface area contributed by atoms with Gasteiger partial charge in [-0.25, -0.2) is 13.1 Å². The van der Waals surface area contributed by atoms with Gasteiger partial charge in [0.05, 0.1) is 47.0 Å². The molecule has 0 saturated carbocycles. The maximum atomic E-state index is 13.8. The number of hydrogen-bond donors (Lipinski definition) is 3. The van der Waals surface area contributed by atoms with Crippen LogP contribution in [0.2, 0.25) is 0 Å². The number of Topliss-reactive ketones (excluding diaryl/α,β-unsaturated/α-hetero) is 1. The van der Waals surface area contributed by atoms with E-state index in [-0.39, 0.29) is 48.2 Å². The van der Waals surface area contributed by atoms with Crippen LogP contribution in [-0.2, 0) is 51.3 Å². The number of carbonyl (C=O) groups excluding carboxylic acids is 2. The molecular weight excluding hydrogens is 785 g/mol. The number of methoxy groups -OCH3 is 1. The molecule has 2 saturated heterocycles. The second-order valence-electron chi connectivity index (χ2n) is 17.4. The summed E-state index contributed by atoms with van der Waals surface area (Å²) in [6.45, 7) is 15.1. The summed E-state index contributed by atoms with van der Waals surface area (Å²) in [6, 6.07) is 5.99. The lowest BCUT2D eigenvalue weighted by Crippen LogP contribution is -2.59. The molecule has 1 aromatic carbocycles. The number of aromatic nitrogens is 3. The molecule has 0 bridgehead atoms. The fraction of sp³-hybridized carbons (Fsp3) is 0.762. The monoisotopic (exact) mass is 852 g/mol. The number of sulfone groups is 1. The lowest BCUT2D eigenvalue weighted by atomic mass is 9.74. The van der Waals surface area contributed by atoms with Crippen LogP contribution in [0.25, 0.3) is 0 Å². The van der Waals surface area contributed by atoms with Crippen molar-refractivity contribution in [3.05, 3.63) is 36.2 Å². The van der Waals surface area contributed by atoms with Crippen LogP contribution in [0.1, 0.15) is 86.8 Å². The molecule has 2 aliphatic rings. The number of likely N-dealkylation sites (N-methyl/N-ethyl adjacent to an activating group) is 1. The van der Waals surface area contributed by atoms with E-state index >= 15 is 0 Å². The minimum absolute atomic E-state index is 0.184. The largest absolute Gasteiger partial charge is 0.492 e. The first-order chi connectivity index (χ1) is 27.5. The molecule has 0 aliphatic carbocycles. The fourth-order valence-electron chi connectivity index (χ4n) is 8.65. The second-order valence-corrected chi connectivity index (χ2v) is 19.4. The van der Waals surface area contributed by atoms with E-state index in [1.165, 1.54) is 26.2 Å². The molecule has 0 unspecified atom stereocenters. The Labute approximate surface area is 349 Å². The molecule has 3 N–H and O–H groups in total. The zero-order valence-corrected chi connectivity index (χ0v) is 37.4. The Morgan fingerprint density at radius 1 is 1.07 bits per heavy atom. The van der Waals surface area contributed by atoms with Crippen LogP contribution in [0.15, 0.2) is 35.4 Å². The van der Waals surface area contributed by atoms with Gasteiger partial charge in [-0.2, -0.15) is 0 Å². The summed E-state index contributed by atoms with van der Waals surface area (Å²) in [5.74, 6) is -2.98. The zero-order chi connectivity index (χ0) is 44.0. The molecule has 2 fully saturated rings. The Kier molecular flexibility index (Phi) is 16.7. The SMILES string of the molecule is CC[C@H]1OC(=O)[C@H](C)C[C@H](C)[C@@H](O[C@@H]2O[C@H](C)C[C@H](N(C)CCc3cn(CCOc4cccc(S(C)(=O)=O)c4)nn3)[C@H]2O)[C@](C)(OC)C[C@@H](C)C(=O)[C@H](C)[C@@H](O)[C@]1(C)O. The summed E-state index contributed by atoms with van der Waals surface area (Å²) in [6.07, 6.45) is -0.957. The Bertz CT molecular complexity index is 1810. The molecule has 59 heavy (non-hydrogen) atoms. The predicted molar refractivity (Wildman–Crippen MR) is 218 cm³/mol. The topological polar surface area (TPSA) is 209 Å². The van der Waals surface area contributed by atoms with Gasteiger partial charge < -0.3 is 43.9 Å². The van der Waals surface area contributed by atoms with Crippen molar-refractivity contribution < 1.29 is 57.0 Å². The molecule has 0 amide bonds. The highest BCUT2D eigenvalue weighted by molar-refractivity contribution is 7.90. The van der Waals surface area contributed by atoms with Gasteiger partial charge in [-0.15, -0.1) is 5.10 Å². The number of cyclic esters (lactones) is 1. The Hall–Kier alpha value is -3.03. The molecule has 17 heteroatoms. The number of hydrogen-bond acceptors (Lipinski definition) is 15. The van der Waals surface area contributed by atoms with Gasteiger partial charge in [-0.1, -0.05) is 45.9 Å². The Morgan fingerprint density at radius 3 is 2.41 bits per heavy atom. The van der Waals surface area contributed by atoms with E-state index in [1.54, 1.807) is 44.5 Å². The van der Waals surface area contributed by atoms with Gasteiger partial charge in [0, 0.05) is 50.4 Å². The summed E-state index contributed by atoms with van der Waals surface area (Å²) < 4.78 is 56.2. The summed E-state index contributed by atoms with van der Waals surface area (Å²) in [5, 5.41) is 43.1. The van der Waals surface area contributed by atoms with Crippen molar-refractivity contribution in [2.45, 2.75) is 153 Å². The van der Waals surface area contributed by atoms with E-state index in [2.05, 4.69) is 10.3 Å². The van der Waals surface area contributed by atoms with Crippen LogP contribution < -0.4 is 4.74 Å². The molecule has 0 radical (unpaired) electrons. The lowest BCUT2D eigenvalue weighted by molar-refractivity contribution is -0.298. The Balaban J connectivity index is 1.47. The molecule has 0 spiro atoms. The maximum Gasteiger partial charge on any atom is 0.309 e. The van der Waals surface area contributed by atoms with Gasteiger partial charge in [0.25, 0.3) is 0 Å². The lowest BCUT2D eigenvalue weighted by Gasteiger charge is -2.47. The van der Waals surface area contributed by atoms with Crippen molar-refractivity contribution in [1.29, 1.82) is 0 Å². The smallest absolute Gasteiger partial charge is 0.309 e. The number of aliphatic hydroxyl groups excluding tert-OH is 2. The summed E-state index contributed by atoms with van der Waals surface area (Å²) in [5.41, 5.74) is -2.23. The molecule has 3 heterocycles. The van der Waals surface area contributed by atoms with Gasteiger partial charge >= 0.3 is 5.97 Å². The molecule has 16 nitrogen and oxygen atoms in total. The van der Waals surface area contributed by atoms with Gasteiger partial charge in [0.2, 0.25) is 0 Å². The van der Waals surface area contributed by atoms with Gasteiger partial charge in [-0.3, -0.25) is 9.59 Å². The van der Waals surface area contributed by atoms with Crippen molar-refractivity contribution in [2.24, 2.45) is 23.7 Å². The molecule has 4 rings (SSSR count). The van der Waals surface area contributed by atoms with Crippen LogP contribution in [0.3, 0.4) is 0 Å². The highest BCUT2D eigenvalue weighted by Gasteiger charge is 2.50. The highest BCUT2D eigenvalue weighted by Crippen LogP contribution is 2.39. The van der Waals surface area contributed by atoms with Crippen LogP contribution in [-0.4, -0.2) is 143 Å². The molecular formula is C42H68N4O12S. The molecule has 2 aliphatic heterocycles. The standard InChI is InChI=1S/C42H68N4O12S/c1-12-34-42(8,51)37(49)29(6)35(47)27(4)23-41(7,54-10)38(25(2)20-26(3)39(50)57-34)58-40-36(48)33(21-28(5)56-40)45(9)17-16-30-24-46(44-43-30)18-19-55-31-14-13-15-32(22-31)59(11,52)53/h13-15,22,24-29,33-34,36-38,40,48-49,51H,12,16-21,23H2,1-11H3/t25-,26+,27+,28+,29-,33-,34+,36+,37+,38+,40-,41+,42+/m0/s1. The first-order valence-corrected chi connectivity index (χ1v) is 22.6. The van der Waals surface area contributed by atoms with E-state index < -0.39 is 75.5 Å². The number of aliphatic hydroxyl groups is 3. The number of carbonyl (C=O) groups is 2. The second kappa shape index (κ2) is 20.2. The Morgan fingerprint density at radius 2 is 1.76 bits per heavy atom. The number of benzene rings is 1. The molecule has 13 atom stereocenters. The number of nitrogens with zero attached hydrogens (tertiary/aromatic N) is 4. The number of rotatable bonds is 13. The molecule has 2 aromatic rings. The van der Waals surface area contributed by atoms with E-state index in [4.69, 9.17) is 23.7 Å². The number of ketones is 1. The molecule has 1 aromatic heterocycles. The minimum Gasteiger partial charge on any atom is -0.492 e. The van der Waals surface area contributed by atoms with Crippen LogP contribution in [0, 0.1) is 23.7 Å². The minimum atomic E-state index is -3.35. The van der Waals surface area contributed by atoms with Crippen molar-refractivity contribution >= 4 is 21.6 Å². The average molecular weight is 853 g/mol. The summed E-state index contributed by atoms with van der Waals surface area (Å²) >= 11 is 0. The van der Waals surface area contributed by atoms with Gasteiger partial charge in [-0.05, 0) is 77.6 Å².